The molecule has 6 nitrogen and oxygen atoms in total. The van der Waals surface area contributed by atoms with Crippen LogP contribution >= 0.6 is 11.3 Å². The molecule has 7 heteroatoms. The first-order valence-electron chi connectivity index (χ1n) is 4.45. The number of carbonyl (C=O) groups is 2. The van der Waals surface area contributed by atoms with Gasteiger partial charge in [-0.15, -0.1) is 11.3 Å². The van der Waals surface area contributed by atoms with Gasteiger partial charge in [-0.05, 0) is 11.4 Å². The average molecular weight is 243 g/mol. The Hall–Kier alpha value is -1.60. The van der Waals surface area contributed by atoms with Gasteiger partial charge in [-0.2, -0.15) is 0 Å². The van der Waals surface area contributed by atoms with E-state index < -0.39 is 12.0 Å². The highest BCUT2D eigenvalue weighted by molar-refractivity contribution is 7.12. The summed E-state index contributed by atoms with van der Waals surface area (Å²) in [5.74, 6) is -0.463. The van der Waals surface area contributed by atoms with Crippen molar-refractivity contribution in [3.63, 3.8) is 0 Å². The van der Waals surface area contributed by atoms with Gasteiger partial charge in [0.1, 0.15) is 4.88 Å². The van der Waals surface area contributed by atoms with Crippen LogP contribution in [0.25, 0.3) is 0 Å². The number of amides is 2. The number of nitrogens with zero attached hydrogens (tertiary/aromatic N) is 1. The van der Waals surface area contributed by atoms with Crippen molar-refractivity contribution in [1.82, 2.24) is 10.4 Å². The van der Waals surface area contributed by atoms with Crippen molar-refractivity contribution in [1.29, 1.82) is 0 Å². The maximum Gasteiger partial charge on any atom is 0.350 e. The minimum Gasteiger partial charge on any atom is -0.465 e. The fourth-order valence-corrected chi connectivity index (χ4v) is 1.78. The predicted molar refractivity (Wildman–Crippen MR) is 61.5 cm³/mol. The molecule has 16 heavy (non-hydrogen) atoms. The van der Waals surface area contributed by atoms with Crippen LogP contribution in [-0.4, -0.2) is 38.2 Å². The molecule has 0 unspecified atom stereocenters. The van der Waals surface area contributed by atoms with Crippen LogP contribution in [0.5, 0.6) is 0 Å². The first kappa shape index (κ1) is 12.5. The van der Waals surface area contributed by atoms with E-state index in [2.05, 4.69) is 15.5 Å². The predicted octanol–water partition coefficient (Wildman–Crippen LogP) is 1.13. The molecule has 2 amide bonds. The number of urea groups is 1. The molecule has 0 atom stereocenters. The summed E-state index contributed by atoms with van der Waals surface area (Å²) in [5, 5.41) is 5.76. The molecule has 1 aromatic heterocycles. The van der Waals surface area contributed by atoms with Crippen molar-refractivity contribution in [3.8, 4) is 0 Å². The minimum atomic E-state index is -0.463. The maximum absolute atomic E-state index is 11.4. The number of anilines is 1. The summed E-state index contributed by atoms with van der Waals surface area (Å²) in [5.41, 5.74) is 2.94. The zero-order chi connectivity index (χ0) is 12.1. The van der Waals surface area contributed by atoms with E-state index in [0.717, 1.165) is 0 Å². The smallest absolute Gasteiger partial charge is 0.350 e. The molecule has 0 saturated carbocycles. The summed E-state index contributed by atoms with van der Waals surface area (Å²) >= 11 is 1.21. The van der Waals surface area contributed by atoms with Crippen LogP contribution in [0.2, 0.25) is 0 Å². The number of nitrogens with one attached hydrogen (secondary N) is 2. The van der Waals surface area contributed by atoms with Gasteiger partial charge in [0.05, 0.1) is 12.8 Å². The van der Waals surface area contributed by atoms with Crippen LogP contribution in [0.15, 0.2) is 11.4 Å². The zero-order valence-electron chi connectivity index (χ0n) is 9.23. The van der Waals surface area contributed by atoms with Crippen molar-refractivity contribution in [3.05, 3.63) is 16.3 Å². The van der Waals surface area contributed by atoms with Gasteiger partial charge >= 0.3 is 12.0 Å². The van der Waals surface area contributed by atoms with Gasteiger partial charge in [0.25, 0.3) is 0 Å². The highest BCUT2D eigenvalue weighted by Crippen LogP contribution is 2.22. The molecule has 0 aliphatic rings. The van der Waals surface area contributed by atoms with Crippen LogP contribution in [0.1, 0.15) is 9.67 Å². The van der Waals surface area contributed by atoms with Crippen molar-refractivity contribution < 1.29 is 14.3 Å². The van der Waals surface area contributed by atoms with E-state index in [1.54, 1.807) is 25.5 Å². The minimum absolute atomic E-state index is 0.372. The molecular weight excluding hydrogens is 230 g/mol. The summed E-state index contributed by atoms with van der Waals surface area (Å²) < 4.78 is 4.59. The van der Waals surface area contributed by atoms with Crippen LogP contribution in [-0.2, 0) is 4.74 Å². The van der Waals surface area contributed by atoms with E-state index in [0.29, 0.717) is 10.6 Å². The largest absolute Gasteiger partial charge is 0.465 e. The molecule has 88 valence electrons. The van der Waals surface area contributed by atoms with Crippen molar-refractivity contribution in [2.24, 2.45) is 0 Å². The second-order valence-electron chi connectivity index (χ2n) is 3.12. The molecule has 1 rings (SSSR count). The maximum atomic E-state index is 11.4. The Kier molecular flexibility index (Phi) is 4.27. The normalized spacial score (nSPS) is 10.0. The van der Waals surface area contributed by atoms with E-state index in [1.165, 1.54) is 23.5 Å². The number of ether oxygens (including phenoxy) is 1. The van der Waals surface area contributed by atoms with Crippen molar-refractivity contribution >= 4 is 29.0 Å². The number of esters is 1. The first-order chi connectivity index (χ1) is 7.54. The number of hydrogen-bond donors (Lipinski definition) is 2. The van der Waals surface area contributed by atoms with E-state index in [4.69, 9.17) is 0 Å². The fourth-order valence-electron chi connectivity index (χ4n) is 1.01. The standard InChI is InChI=1S/C9H13N3O3S/c1-12(2)11-9(14)10-6-4-5-16-7(6)8(13)15-3/h4-5H,1-3H3,(H2,10,11,14). The summed E-state index contributed by atoms with van der Waals surface area (Å²) in [6.45, 7) is 0. The number of methoxy groups -OCH3 is 1. The second kappa shape index (κ2) is 5.47. The Balaban J connectivity index is 2.70. The molecule has 0 radical (unpaired) electrons. The Morgan fingerprint density at radius 2 is 2.12 bits per heavy atom. The van der Waals surface area contributed by atoms with Crippen molar-refractivity contribution in [2.75, 3.05) is 26.5 Å². The highest BCUT2D eigenvalue weighted by atomic mass is 32.1. The lowest BCUT2D eigenvalue weighted by Gasteiger charge is -2.12. The molecule has 0 fully saturated rings. The lowest BCUT2D eigenvalue weighted by molar-refractivity contribution is 0.0607. The lowest BCUT2D eigenvalue weighted by atomic mass is 10.4. The van der Waals surface area contributed by atoms with Gasteiger partial charge < -0.3 is 10.1 Å². The summed E-state index contributed by atoms with van der Waals surface area (Å²) in [4.78, 5) is 23.0. The van der Waals surface area contributed by atoms with E-state index in [9.17, 15) is 9.59 Å². The number of rotatable bonds is 3. The molecule has 0 aromatic carbocycles. The Morgan fingerprint density at radius 1 is 1.44 bits per heavy atom. The Labute approximate surface area is 97.2 Å². The quantitative estimate of drug-likeness (QED) is 0.616. The molecule has 1 aromatic rings. The van der Waals surface area contributed by atoms with Gasteiger partial charge in [0.15, 0.2) is 0 Å². The molecule has 0 spiro atoms. The molecule has 0 aliphatic heterocycles. The van der Waals surface area contributed by atoms with Crippen LogP contribution < -0.4 is 10.7 Å². The van der Waals surface area contributed by atoms with Crippen molar-refractivity contribution in [2.45, 2.75) is 0 Å². The van der Waals surface area contributed by atoms with E-state index >= 15 is 0 Å². The van der Waals surface area contributed by atoms with Crippen LogP contribution in [0, 0.1) is 0 Å². The number of hydrogen-bond acceptors (Lipinski definition) is 5. The SMILES string of the molecule is COC(=O)c1sccc1NC(=O)NN(C)C. The van der Waals surface area contributed by atoms with E-state index in [1.807, 2.05) is 0 Å². The van der Waals surface area contributed by atoms with Crippen LogP contribution in [0.4, 0.5) is 10.5 Å². The summed E-state index contributed by atoms with van der Waals surface area (Å²) in [7, 11) is 4.68. The summed E-state index contributed by atoms with van der Waals surface area (Å²) in [6.07, 6.45) is 0. The summed E-state index contributed by atoms with van der Waals surface area (Å²) in [6, 6.07) is 1.24. The van der Waals surface area contributed by atoms with Gasteiger partial charge in [-0.1, -0.05) is 0 Å². The molecule has 0 aliphatic carbocycles. The number of thiophene rings is 1. The van der Waals surface area contributed by atoms with Gasteiger partial charge in [-0.25, -0.2) is 14.6 Å². The first-order valence-corrected chi connectivity index (χ1v) is 5.33. The number of carbonyl (C=O) groups excluding carboxylic acids is 2. The third-order valence-electron chi connectivity index (χ3n) is 1.61. The third kappa shape index (κ3) is 3.21. The zero-order valence-corrected chi connectivity index (χ0v) is 10.1. The fraction of sp³-hybridized carbons (Fsp3) is 0.333. The van der Waals surface area contributed by atoms with E-state index in [-0.39, 0.29) is 0 Å². The molecule has 0 saturated heterocycles. The number of hydrazine groups is 1. The average Bonchev–Trinajstić information content (AvgIpc) is 2.63. The Bertz CT molecular complexity index is 389. The van der Waals surface area contributed by atoms with Gasteiger partial charge in [0.2, 0.25) is 0 Å². The highest BCUT2D eigenvalue weighted by Gasteiger charge is 2.15. The Morgan fingerprint density at radius 3 is 2.69 bits per heavy atom. The topological polar surface area (TPSA) is 70.7 Å². The van der Waals surface area contributed by atoms with Gasteiger partial charge in [0, 0.05) is 14.1 Å². The lowest BCUT2D eigenvalue weighted by Crippen LogP contribution is -2.39. The molecule has 2 N–H and O–H groups in total. The molecular formula is C9H13N3O3S. The van der Waals surface area contributed by atoms with Gasteiger partial charge in [-0.3, -0.25) is 5.43 Å². The third-order valence-corrected chi connectivity index (χ3v) is 2.50. The van der Waals surface area contributed by atoms with Crippen LogP contribution in [0.3, 0.4) is 0 Å². The second-order valence-corrected chi connectivity index (χ2v) is 4.03. The molecule has 1 heterocycles. The molecule has 0 bridgehead atoms. The monoisotopic (exact) mass is 243 g/mol.